The average molecular weight is 384 g/mol. The normalized spacial score (nSPS) is 10.5. The van der Waals surface area contributed by atoms with Crippen molar-refractivity contribution in [2.24, 2.45) is 0 Å². The minimum atomic E-state index is -0.198. The lowest BCUT2D eigenvalue weighted by Crippen LogP contribution is -2.14. The van der Waals surface area contributed by atoms with E-state index in [0.717, 1.165) is 21.8 Å². The van der Waals surface area contributed by atoms with E-state index >= 15 is 0 Å². The molecule has 4 rings (SSSR count). The third-order valence-corrected chi connectivity index (χ3v) is 5.17. The lowest BCUT2D eigenvalue weighted by atomic mass is 10.1. The van der Waals surface area contributed by atoms with Crippen molar-refractivity contribution in [1.29, 1.82) is 5.26 Å². The summed E-state index contributed by atoms with van der Waals surface area (Å²) in [6.45, 7) is 0. The molecule has 0 bridgehead atoms. The molecule has 0 aliphatic heterocycles. The number of fused-ring (bicyclic) bond motifs is 1. The van der Waals surface area contributed by atoms with E-state index in [1.54, 1.807) is 42.1 Å². The van der Waals surface area contributed by atoms with Gasteiger partial charge in [0.15, 0.2) is 5.16 Å². The van der Waals surface area contributed by atoms with Crippen LogP contribution in [0.5, 0.6) is 0 Å². The fraction of sp³-hybridized carbons (Fsp3) is 0.0455. The topological polar surface area (TPSA) is 81.6 Å². The molecule has 0 unspecified atom stereocenters. The summed E-state index contributed by atoms with van der Waals surface area (Å²) in [5, 5.41) is 12.7. The van der Waals surface area contributed by atoms with Crippen LogP contribution in [0.1, 0.15) is 21.5 Å². The van der Waals surface area contributed by atoms with Crippen molar-refractivity contribution in [2.75, 3.05) is 5.32 Å². The summed E-state index contributed by atoms with van der Waals surface area (Å²) in [5.41, 5.74) is 4.55. The second-order valence-electron chi connectivity index (χ2n) is 6.15. The number of nitrogens with one attached hydrogen (secondary N) is 2. The van der Waals surface area contributed by atoms with E-state index in [2.05, 4.69) is 21.4 Å². The highest BCUT2D eigenvalue weighted by molar-refractivity contribution is 7.98. The summed E-state index contributed by atoms with van der Waals surface area (Å²) >= 11 is 1.55. The zero-order valence-electron chi connectivity index (χ0n) is 14.8. The maximum atomic E-state index is 12.8. The Kier molecular flexibility index (Phi) is 5.09. The van der Waals surface area contributed by atoms with Crippen molar-refractivity contribution in [3.05, 3.63) is 89.5 Å². The number of H-pyrrole nitrogens is 1. The smallest absolute Gasteiger partial charge is 0.255 e. The summed E-state index contributed by atoms with van der Waals surface area (Å²) in [4.78, 5) is 20.6. The van der Waals surface area contributed by atoms with Gasteiger partial charge in [0.25, 0.3) is 5.91 Å². The number of para-hydroxylation sites is 2. The Labute approximate surface area is 166 Å². The highest BCUT2D eigenvalue weighted by Crippen LogP contribution is 2.25. The first kappa shape index (κ1) is 17.8. The predicted molar refractivity (Wildman–Crippen MR) is 111 cm³/mol. The van der Waals surface area contributed by atoms with Gasteiger partial charge in [-0.3, -0.25) is 4.79 Å². The van der Waals surface area contributed by atoms with E-state index < -0.39 is 0 Å². The molecule has 6 heteroatoms. The summed E-state index contributed by atoms with van der Waals surface area (Å²) in [6, 6.07) is 24.3. The second kappa shape index (κ2) is 7.99. The summed E-state index contributed by atoms with van der Waals surface area (Å²) in [7, 11) is 0. The number of carbonyl (C=O) groups excluding carboxylic acids is 1. The largest absolute Gasteiger partial charge is 0.333 e. The van der Waals surface area contributed by atoms with E-state index in [4.69, 9.17) is 5.26 Å². The Morgan fingerprint density at radius 3 is 2.75 bits per heavy atom. The van der Waals surface area contributed by atoms with Crippen molar-refractivity contribution in [1.82, 2.24) is 9.97 Å². The number of hydrogen-bond donors (Lipinski definition) is 2. The Hall–Kier alpha value is -3.56. The average Bonchev–Trinajstić information content (AvgIpc) is 3.15. The summed E-state index contributed by atoms with van der Waals surface area (Å²) in [6.07, 6.45) is 0. The Balaban J connectivity index is 1.51. The number of amides is 1. The lowest BCUT2D eigenvalue weighted by molar-refractivity contribution is 0.102. The monoisotopic (exact) mass is 384 g/mol. The number of aromatic amines is 1. The number of nitriles is 1. The van der Waals surface area contributed by atoms with Crippen LogP contribution in [0.15, 0.2) is 78.0 Å². The minimum absolute atomic E-state index is 0.198. The lowest BCUT2D eigenvalue weighted by Gasteiger charge is -2.10. The van der Waals surface area contributed by atoms with Gasteiger partial charge in [-0.1, -0.05) is 48.2 Å². The summed E-state index contributed by atoms with van der Waals surface area (Å²) < 4.78 is 0. The number of rotatable bonds is 5. The fourth-order valence-electron chi connectivity index (χ4n) is 2.88. The van der Waals surface area contributed by atoms with Gasteiger partial charge in [0.1, 0.15) is 0 Å². The van der Waals surface area contributed by atoms with Crippen LogP contribution >= 0.6 is 11.8 Å². The molecule has 2 N–H and O–H groups in total. The SMILES string of the molecule is N#Cc1cccc(NC(=O)c2ccccc2CSc2nc3ccccc3[nH]2)c1. The van der Waals surface area contributed by atoms with Gasteiger partial charge in [0.05, 0.1) is 22.7 Å². The number of carbonyl (C=O) groups is 1. The van der Waals surface area contributed by atoms with Gasteiger partial charge in [0.2, 0.25) is 0 Å². The number of thioether (sulfide) groups is 1. The van der Waals surface area contributed by atoms with Gasteiger partial charge < -0.3 is 10.3 Å². The van der Waals surface area contributed by atoms with Crippen LogP contribution in [-0.2, 0) is 5.75 Å². The number of benzene rings is 3. The highest BCUT2D eigenvalue weighted by atomic mass is 32.2. The Bertz CT molecular complexity index is 1160. The minimum Gasteiger partial charge on any atom is -0.333 e. The van der Waals surface area contributed by atoms with Crippen molar-refractivity contribution >= 4 is 34.4 Å². The number of anilines is 1. The van der Waals surface area contributed by atoms with Crippen molar-refractivity contribution in [3.8, 4) is 6.07 Å². The molecule has 28 heavy (non-hydrogen) atoms. The Morgan fingerprint density at radius 2 is 1.89 bits per heavy atom. The fourth-order valence-corrected chi connectivity index (χ4v) is 3.77. The zero-order valence-corrected chi connectivity index (χ0v) is 15.7. The van der Waals surface area contributed by atoms with Gasteiger partial charge >= 0.3 is 0 Å². The Morgan fingerprint density at radius 1 is 1.07 bits per heavy atom. The standard InChI is InChI=1S/C22H16N4OS/c23-13-15-6-5-8-17(12-15)24-21(27)18-9-2-1-7-16(18)14-28-22-25-19-10-3-4-11-20(19)26-22/h1-12H,14H2,(H,24,27)(H,25,26). The molecule has 1 amide bonds. The highest BCUT2D eigenvalue weighted by Gasteiger charge is 2.13. The van der Waals surface area contributed by atoms with Crippen LogP contribution in [0.4, 0.5) is 5.69 Å². The third-order valence-electron chi connectivity index (χ3n) is 4.24. The molecule has 3 aromatic carbocycles. The van der Waals surface area contributed by atoms with Gasteiger partial charge in [-0.2, -0.15) is 5.26 Å². The quantitative estimate of drug-likeness (QED) is 0.476. The second-order valence-corrected chi connectivity index (χ2v) is 7.12. The maximum absolute atomic E-state index is 12.8. The van der Waals surface area contributed by atoms with Crippen LogP contribution in [0, 0.1) is 11.3 Å². The number of nitrogens with zero attached hydrogens (tertiary/aromatic N) is 2. The molecular weight excluding hydrogens is 368 g/mol. The molecule has 0 atom stereocenters. The molecule has 1 heterocycles. The first-order valence-electron chi connectivity index (χ1n) is 8.70. The molecule has 0 aliphatic carbocycles. The van der Waals surface area contributed by atoms with Crippen molar-refractivity contribution in [2.45, 2.75) is 10.9 Å². The molecule has 5 nitrogen and oxygen atoms in total. The van der Waals surface area contributed by atoms with Gasteiger partial charge in [-0.15, -0.1) is 0 Å². The molecule has 0 fully saturated rings. The molecule has 0 spiro atoms. The number of aromatic nitrogens is 2. The van der Waals surface area contributed by atoms with Crippen molar-refractivity contribution < 1.29 is 4.79 Å². The van der Waals surface area contributed by atoms with Gasteiger partial charge in [-0.25, -0.2) is 4.98 Å². The third kappa shape index (κ3) is 3.90. The molecule has 0 radical (unpaired) electrons. The van der Waals surface area contributed by atoms with Crippen LogP contribution in [-0.4, -0.2) is 15.9 Å². The van der Waals surface area contributed by atoms with E-state index in [1.165, 1.54) is 0 Å². The number of hydrogen-bond acceptors (Lipinski definition) is 4. The van der Waals surface area contributed by atoms with Gasteiger partial charge in [-0.05, 0) is 42.0 Å². The molecule has 4 aromatic rings. The predicted octanol–water partition coefficient (Wildman–Crippen LogP) is 4.98. The van der Waals surface area contributed by atoms with Crippen molar-refractivity contribution in [3.63, 3.8) is 0 Å². The molecule has 0 saturated carbocycles. The van der Waals surface area contributed by atoms with Gasteiger partial charge in [0, 0.05) is 17.0 Å². The van der Waals surface area contributed by atoms with E-state index in [1.807, 2.05) is 42.5 Å². The molecule has 1 aromatic heterocycles. The summed E-state index contributed by atoms with van der Waals surface area (Å²) in [5.74, 6) is 0.415. The van der Waals surface area contributed by atoms with E-state index in [9.17, 15) is 4.79 Å². The van der Waals surface area contributed by atoms with Crippen LogP contribution in [0.25, 0.3) is 11.0 Å². The van der Waals surface area contributed by atoms with Crippen LogP contribution in [0.3, 0.4) is 0 Å². The first-order chi connectivity index (χ1) is 13.7. The number of imidazole rings is 1. The molecule has 0 saturated heterocycles. The molecule has 136 valence electrons. The molecule has 0 aliphatic rings. The van der Waals surface area contributed by atoms with E-state index in [0.29, 0.717) is 22.6 Å². The molecular formula is C22H16N4OS. The zero-order chi connectivity index (χ0) is 19.3. The van der Waals surface area contributed by atoms with E-state index in [-0.39, 0.29) is 5.91 Å². The maximum Gasteiger partial charge on any atom is 0.255 e. The first-order valence-corrected chi connectivity index (χ1v) is 9.68. The van der Waals surface area contributed by atoms with Crippen LogP contribution in [0.2, 0.25) is 0 Å². The van der Waals surface area contributed by atoms with Crippen LogP contribution < -0.4 is 5.32 Å².